The number of hydrogen-bond acceptors (Lipinski definition) is 4. The first kappa shape index (κ1) is 14.9. The second kappa shape index (κ2) is 5.98. The van der Waals surface area contributed by atoms with E-state index >= 15 is 0 Å². The first-order valence-corrected chi connectivity index (χ1v) is 7.40. The number of nitrogens with zero attached hydrogens (tertiary/aromatic N) is 5. The van der Waals surface area contributed by atoms with Crippen molar-refractivity contribution in [1.82, 2.24) is 24.5 Å². The smallest absolute Gasteiger partial charge is 0.175 e. The summed E-state index contributed by atoms with van der Waals surface area (Å²) in [6, 6.07) is 7.44. The molecule has 0 unspecified atom stereocenters. The molecule has 6 nitrogen and oxygen atoms in total. The maximum absolute atomic E-state index is 6.04. The van der Waals surface area contributed by atoms with E-state index in [0.717, 1.165) is 11.4 Å². The summed E-state index contributed by atoms with van der Waals surface area (Å²) in [5.41, 5.74) is 1.89. The molecule has 0 fully saturated rings. The van der Waals surface area contributed by atoms with Gasteiger partial charge in [0.05, 0.1) is 17.3 Å². The lowest BCUT2D eigenvalue weighted by Gasteiger charge is -2.07. The first-order chi connectivity index (χ1) is 10.5. The van der Waals surface area contributed by atoms with Gasteiger partial charge < -0.3 is 9.88 Å². The van der Waals surface area contributed by atoms with Gasteiger partial charge >= 0.3 is 0 Å². The largest absolute Gasteiger partial charge is 0.363 e. The molecule has 8 heteroatoms. The molecule has 22 heavy (non-hydrogen) atoms. The lowest BCUT2D eigenvalue weighted by Crippen LogP contribution is -2.07. The van der Waals surface area contributed by atoms with Gasteiger partial charge in [-0.05, 0) is 31.2 Å². The Labute approximate surface area is 137 Å². The van der Waals surface area contributed by atoms with Crippen molar-refractivity contribution in [2.45, 2.75) is 13.5 Å². The third-order valence-corrected chi connectivity index (χ3v) is 4.12. The maximum Gasteiger partial charge on any atom is 0.175 e. The Morgan fingerprint density at radius 1 is 1.18 bits per heavy atom. The van der Waals surface area contributed by atoms with Crippen LogP contribution in [0.5, 0.6) is 0 Å². The van der Waals surface area contributed by atoms with Crippen molar-refractivity contribution < 1.29 is 0 Å². The molecule has 1 N–H and O–H groups in total. The Morgan fingerprint density at radius 3 is 2.55 bits per heavy atom. The molecule has 0 aliphatic heterocycles. The molecule has 0 aliphatic carbocycles. The van der Waals surface area contributed by atoms with Crippen molar-refractivity contribution in [1.29, 1.82) is 0 Å². The quantitative estimate of drug-likeness (QED) is 0.794. The fraction of sp³-hybridized carbons (Fsp3) is 0.214. The number of aromatic nitrogens is 5. The van der Waals surface area contributed by atoms with Crippen LogP contribution < -0.4 is 5.32 Å². The summed E-state index contributed by atoms with van der Waals surface area (Å²) in [7, 11) is 1.86. The third kappa shape index (κ3) is 2.93. The molecule has 0 amide bonds. The van der Waals surface area contributed by atoms with Crippen molar-refractivity contribution in [3.05, 3.63) is 52.0 Å². The zero-order valence-corrected chi connectivity index (χ0v) is 13.6. The SMILES string of the molecule is Cc1ccn(-c2ccc(NCc3cc(Cl)c(Cl)n3C)nn2)n1. The highest BCUT2D eigenvalue weighted by Gasteiger charge is 2.09. The minimum Gasteiger partial charge on any atom is -0.363 e. The van der Waals surface area contributed by atoms with E-state index in [1.54, 1.807) is 4.68 Å². The molecule has 0 spiro atoms. The van der Waals surface area contributed by atoms with E-state index in [2.05, 4.69) is 20.6 Å². The standard InChI is InChI=1S/C14H14Cl2N6/c1-9-5-6-22(20-9)13-4-3-12(18-19-13)17-8-10-7-11(15)14(16)21(10)2/h3-7H,8H2,1-2H3,(H,17,18). The Morgan fingerprint density at radius 2 is 2.00 bits per heavy atom. The number of anilines is 1. The normalized spacial score (nSPS) is 10.9. The van der Waals surface area contributed by atoms with Crippen LogP contribution in [0.4, 0.5) is 5.82 Å². The minimum absolute atomic E-state index is 0.522. The van der Waals surface area contributed by atoms with Gasteiger partial charge in [-0.3, -0.25) is 0 Å². The molecule has 0 atom stereocenters. The summed E-state index contributed by atoms with van der Waals surface area (Å²) in [6.07, 6.45) is 1.85. The molecule has 0 aliphatic rings. The van der Waals surface area contributed by atoms with E-state index in [1.807, 2.05) is 49.0 Å². The highest BCUT2D eigenvalue weighted by atomic mass is 35.5. The number of hydrogen-bond donors (Lipinski definition) is 1. The number of nitrogens with one attached hydrogen (secondary N) is 1. The van der Waals surface area contributed by atoms with E-state index < -0.39 is 0 Å². The average Bonchev–Trinajstić information content (AvgIpc) is 3.05. The second-order valence-corrected chi connectivity index (χ2v) is 5.63. The van der Waals surface area contributed by atoms with Crippen molar-refractivity contribution in [2.75, 3.05) is 5.32 Å². The maximum atomic E-state index is 6.04. The summed E-state index contributed by atoms with van der Waals surface area (Å²) in [6.45, 7) is 2.48. The molecule has 3 aromatic heterocycles. The van der Waals surface area contributed by atoms with Gasteiger partial charge in [-0.1, -0.05) is 23.2 Å². The monoisotopic (exact) mass is 336 g/mol. The van der Waals surface area contributed by atoms with Gasteiger partial charge in [-0.2, -0.15) is 5.10 Å². The predicted molar refractivity (Wildman–Crippen MR) is 86.7 cm³/mol. The van der Waals surface area contributed by atoms with Gasteiger partial charge in [0.1, 0.15) is 11.0 Å². The van der Waals surface area contributed by atoms with Gasteiger partial charge in [0.25, 0.3) is 0 Å². The molecule has 0 bridgehead atoms. The van der Waals surface area contributed by atoms with Crippen LogP contribution in [0, 0.1) is 6.92 Å². The van der Waals surface area contributed by atoms with Crippen LogP contribution in [0.15, 0.2) is 30.5 Å². The summed E-state index contributed by atoms with van der Waals surface area (Å²) in [5.74, 6) is 1.34. The van der Waals surface area contributed by atoms with Crippen molar-refractivity contribution in [2.24, 2.45) is 7.05 Å². The van der Waals surface area contributed by atoms with Gasteiger partial charge in [0.15, 0.2) is 5.82 Å². The van der Waals surface area contributed by atoms with E-state index in [0.29, 0.717) is 28.4 Å². The highest BCUT2D eigenvalue weighted by Crippen LogP contribution is 2.25. The first-order valence-electron chi connectivity index (χ1n) is 6.64. The topological polar surface area (TPSA) is 60.6 Å². The van der Waals surface area contributed by atoms with Gasteiger partial charge in [0, 0.05) is 18.9 Å². The number of rotatable bonds is 4. The van der Waals surface area contributed by atoms with E-state index in [1.165, 1.54) is 0 Å². The molecule has 0 saturated heterocycles. The summed E-state index contributed by atoms with van der Waals surface area (Å²) in [4.78, 5) is 0. The van der Waals surface area contributed by atoms with Crippen LogP contribution >= 0.6 is 23.2 Å². The average molecular weight is 337 g/mol. The van der Waals surface area contributed by atoms with Crippen LogP contribution in [-0.2, 0) is 13.6 Å². The zero-order chi connectivity index (χ0) is 15.7. The van der Waals surface area contributed by atoms with Crippen LogP contribution in [-0.4, -0.2) is 24.5 Å². The van der Waals surface area contributed by atoms with Crippen molar-refractivity contribution in [3.8, 4) is 5.82 Å². The predicted octanol–water partition coefficient (Wildman–Crippen LogP) is 3.23. The van der Waals surface area contributed by atoms with E-state index in [4.69, 9.17) is 23.2 Å². The summed E-state index contributed by atoms with van der Waals surface area (Å²) < 4.78 is 3.51. The van der Waals surface area contributed by atoms with Gasteiger partial charge in [0.2, 0.25) is 0 Å². The molecule has 3 aromatic rings. The van der Waals surface area contributed by atoms with Crippen molar-refractivity contribution >= 4 is 29.0 Å². The molecular weight excluding hydrogens is 323 g/mol. The van der Waals surface area contributed by atoms with Crippen LogP contribution in [0.3, 0.4) is 0 Å². The summed E-state index contributed by atoms with van der Waals surface area (Å²) in [5, 5.41) is 16.8. The summed E-state index contributed by atoms with van der Waals surface area (Å²) >= 11 is 12.0. The number of aryl methyl sites for hydroxylation is 1. The lowest BCUT2D eigenvalue weighted by atomic mass is 10.4. The molecule has 0 aromatic carbocycles. The van der Waals surface area contributed by atoms with Gasteiger partial charge in [-0.25, -0.2) is 4.68 Å². The molecule has 114 valence electrons. The second-order valence-electron chi connectivity index (χ2n) is 4.87. The van der Waals surface area contributed by atoms with Crippen LogP contribution in [0.2, 0.25) is 10.2 Å². The zero-order valence-electron chi connectivity index (χ0n) is 12.1. The Bertz CT molecular complexity index is 790. The molecule has 3 rings (SSSR count). The Kier molecular flexibility index (Phi) is 4.04. The minimum atomic E-state index is 0.522. The van der Waals surface area contributed by atoms with Crippen molar-refractivity contribution in [3.63, 3.8) is 0 Å². The fourth-order valence-electron chi connectivity index (χ4n) is 2.02. The van der Waals surface area contributed by atoms with E-state index in [9.17, 15) is 0 Å². The molecule has 3 heterocycles. The Hall–Kier alpha value is -2.05. The Balaban J connectivity index is 1.70. The highest BCUT2D eigenvalue weighted by molar-refractivity contribution is 6.41. The van der Waals surface area contributed by atoms with Gasteiger partial charge in [-0.15, -0.1) is 10.2 Å². The lowest BCUT2D eigenvalue weighted by molar-refractivity contribution is 0.799. The van der Waals surface area contributed by atoms with E-state index in [-0.39, 0.29) is 0 Å². The molecule has 0 radical (unpaired) electrons. The van der Waals surface area contributed by atoms with Crippen LogP contribution in [0.25, 0.3) is 5.82 Å². The third-order valence-electron chi connectivity index (χ3n) is 3.27. The molecular formula is C14H14Cl2N6. The van der Waals surface area contributed by atoms with Crippen LogP contribution in [0.1, 0.15) is 11.4 Å². The molecule has 0 saturated carbocycles. The number of halogens is 2. The fourth-order valence-corrected chi connectivity index (χ4v) is 2.44.